The predicted octanol–water partition coefficient (Wildman–Crippen LogP) is 4.32. The Morgan fingerprint density at radius 1 is 1.12 bits per heavy atom. The largest absolute Gasteiger partial charge is 0.487 e. The van der Waals surface area contributed by atoms with Crippen molar-refractivity contribution in [1.29, 1.82) is 0 Å². The minimum absolute atomic E-state index is 0.309. The summed E-state index contributed by atoms with van der Waals surface area (Å²) >= 11 is 6.51. The summed E-state index contributed by atoms with van der Waals surface area (Å²) in [5.41, 5.74) is 0.786. The van der Waals surface area contributed by atoms with Crippen molar-refractivity contribution in [2.24, 2.45) is 0 Å². The van der Waals surface area contributed by atoms with Crippen molar-refractivity contribution >= 4 is 31.9 Å². The van der Waals surface area contributed by atoms with E-state index in [-0.39, 0.29) is 5.82 Å². The van der Waals surface area contributed by atoms with E-state index in [1.165, 1.54) is 12.1 Å². The molecule has 17 heavy (non-hydrogen) atoms. The minimum Gasteiger partial charge on any atom is -0.487 e. The number of halogens is 3. The third-order valence-electron chi connectivity index (χ3n) is 2.01. The highest BCUT2D eigenvalue weighted by molar-refractivity contribution is 9.10. The Morgan fingerprint density at radius 2 is 1.94 bits per heavy atom. The van der Waals surface area contributed by atoms with Crippen LogP contribution in [0.5, 0.6) is 5.75 Å². The van der Waals surface area contributed by atoms with Gasteiger partial charge in [-0.3, -0.25) is 4.98 Å². The van der Waals surface area contributed by atoms with Gasteiger partial charge in [-0.25, -0.2) is 4.39 Å². The van der Waals surface area contributed by atoms with E-state index < -0.39 is 0 Å². The smallest absolute Gasteiger partial charge is 0.130 e. The number of nitrogens with zero attached hydrogens (tertiary/aromatic N) is 1. The summed E-state index contributed by atoms with van der Waals surface area (Å²) in [6.07, 6.45) is 1.69. The topological polar surface area (TPSA) is 22.1 Å². The molecular weight excluding hydrogens is 353 g/mol. The van der Waals surface area contributed by atoms with Crippen LogP contribution in [0.3, 0.4) is 0 Å². The second-order valence-electron chi connectivity index (χ2n) is 3.36. The molecule has 0 N–H and O–H groups in total. The highest BCUT2D eigenvalue weighted by Gasteiger charge is 2.01. The van der Waals surface area contributed by atoms with Gasteiger partial charge in [-0.05, 0) is 40.2 Å². The molecule has 0 atom stereocenters. The van der Waals surface area contributed by atoms with E-state index in [1.54, 1.807) is 12.3 Å². The summed E-state index contributed by atoms with van der Waals surface area (Å²) < 4.78 is 20.1. The summed E-state index contributed by atoms with van der Waals surface area (Å²) in [7, 11) is 0. The molecule has 0 aliphatic rings. The number of ether oxygens (including phenoxy) is 1. The zero-order chi connectivity index (χ0) is 12.3. The summed E-state index contributed by atoms with van der Waals surface area (Å²) in [6.45, 7) is 0.309. The number of benzene rings is 1. The molecule has 5 heteroatoms. The molecule has 2 rings (SSSR count). The molecule has 0 saturated carbocycles. The average Bonchev–Trinajstić information content (AvgIpc) is 2.27. The molecule has 0 aliphatic carbocycles. The van der Waals surface area contributed by atoms with Crippen molar-refractivity contribution in [3.05, 3.63) is 57.0 Å². The van der Waals surface area contributed by atoms with Gasteiger partial charge in [-0.1, -0.05) is 15.9 Å². The lowest BCUT2D eigenvalue weighted by molar-refractivity contribution is 0.299. The van der Waals surface area contributed by atoms with Crippen LogP contribution in [0.1, 0.15) is 5.69 Å². The summed E-state index contributed by atoms with van der Waals surface area (Å²) in [5.74, 6) is 0.139. The van der Waals surface area contributed by atoms with Gasteiger partial charge in [0.1, 0.15) is 18.2 Å². The van der Waals surface area contributed by atoms with Crippen LogP contribution in [0.25, 0.3) is 0 Å². The minimum atomic E-state index is -0.335. The van der Waals surface area contributed by atoms with Gasteiger partial charge in [0, 0.05) is 21.2 Å². The third-order valence-corrected chi connectivity index (χ3v) is 2.94. The van der Waals surface area contributed by atoms with Gasteiger partial charge in [0.15, 0.2) is 0 Å². The molecule has 0 amide bonds. The van der Waals surface area contributed by atoms with Crippen molar-refractivity contribution in [3.63, 3.8) is 0 Å². The van der Waals surface area contributed by atoms with E-state index in [2.05, 4.69) is 36.8 Å². The Morgan fingerprint density at radius 3 is 2.59 bits per heavy atom. The highest BCUT2D eigenvalue weighted by atomic mass is 79.9. The predicted molar refractivity (Wildman–Crippen MR) is 70.4 cm³/mol. The van der Waals surface area contributed by atoms with Crippen molar-refractivity contribution in [2.75, 3.05) is 0 Å². The van der Waals surface area contributed by atoms with Gasteiger partial charge in [0.05, 0.1) is 5.69 Å². The molecular formula is C12H8Br2FNO. The Hall–Kier alpha value is -0.940. The number of pyridine rings is 1. The number of aromatic nitrogens is 1. The highest BCUT2D eigenvalue weighted by Crippen LogP contribution is 2.21. The molecule has 0 aliphatic heterocycles. The summed E-state index contributed by atoms with van der Waals surface area (Å²) in [5, 5.41) is 0. The molecule has 0 unspecified atom stereocenters. The zero-order valence-electron chi connectivity index (χ0n) is 8.66. The molecule has 2 nitrogen and oxygen atoms in total. The Bertz CT molecular complexity index is 496. The van der Waals surface area contributed by atoms with Crippen molar-refractivity contribution in [2.45, 2.75) is 6.61 Å². The van der Waals surface area contributed by atoms with Crippen molar-refractivity contribution < 1.29 is 9.13 Å². The lowest BCUT2D eigenvalue weighted by Crippen LogP contribution is -1.98. The van der Waals surface area contributed by atoms with Gasteiger partial charge in [-0.2, -0.15) is 0 Å². The van der Waals surface area contributed by atoms with Crippen LogP contribution in [0.2, 0.25) is 0 Å². The fraction of sp³-hybridized carbons (Fsp3) is 0.0833. The maximum Gasteiger partial charge on any atom is 0.130 e. The van der Waals surface area contributed by atoms with E-state index in [0.717, 1.165) is 10.2 Å². The van der Waals surface area contributed by atoms with E-state index in [1.807, 2.05) is 12.1 Å². The first kappa shape index (κ1) is 12.5. The summed E-state index contributed by atoms with van der Waals surface area (Å²) in [6, 6.07) is 8.15. The van der Waals surface area contributed by atoms with Gasteiger partial charge >= 0.3 is 0 Å². The lowest BCUT2D eigenvalue weighted by Gasteiger charge is -2.06. The Kier molecular flexibility index (Phi) is 4.12. The van der Waals surface area contributed by atoms with Crippen LogP contribution in [0.4, 0.5) is 4.39 Å². The normalized spacial score (nSPS) is 10.3. The second kappa shape index (κ2) is 5.60. The molecule has 2 aromatic rings. The molecule has 1 heterocycles. The third kappa shape index (κ3) is 3.78. The number of hydrogen-bond acceptors (Lipinski definition) is 2. The second-order valence-corrected chi connectivity index (χ2v) is 5.19. The Balaban J connectivity index is 2.04. The lowest BCUT2D eigenvalue weighted by atomic mass is 10.3. The van der Waals surface area contributed by atoms with E-state index in [4.69, 9.17) is 4.74 Å². The van der Waals surface area contributed by atoms with Gasteiger partial charge < -0.3 is 4.74 Å². The quantitative estimate of drug-likeness (QED) is 0.812. The Labute approximate surface area is 115 Å². The molecule has 1 aromatic carbocycles. The maximum atomic E-state index is 13.1. The first-order chi connectivity index (χ1) is 8.13. The van der Waals surface area contributed by atoms with Crippen LogP contribution in [-0.4, -0.2) is 4.98 Å². The monoisotopic (exact) mass is 359 g/mol. The first-order valence-electron chi connectivity index (χ1n) is 4.83. The summed E-state index contributed by atoms with van der Waals surface area (Å²) in [4.78, 5) is 4.16. The van der Waals surface area contributed by atoms with Crippen molar-refractivity contribution in [3.8, 4) is 5.75 Å². The average molecular weight is 361 g/mol. The van der Waals surface area contributed by atoms with Gasteiger partial charge in [-0.15, -0.1) is 0 Å². The molecule has 88 valence electrons. The standard InChI is InChI=1S/C12H8Br2FNO/c13-8-1-2-11(16-6-8)7-17-12-4-9(14)3-10(15)5-12/h1-6H,7H2. The molecule has 0 spiro atoms. The van der Waals surface area contributed by atoms with Gasteiger partial charge in [0.2, 0.25) is 0 Å². The van der Waals surface area contributed by atoms with Crippen LogP contribution < -0.4 is 4.74 Å². The molecule has 1 aromatic heterocycles. The molecule has 0 fully saturated rings. The first-order valence-corrected chi connectivity index (χ1v) is 6.41. The maximum absolute atomic E-state index is 13.1. The van der Waals surface area contributed by atoms with Crippen LogP contribution in [-0.2, 0) is 6.61 Å². The van der Waals surface area contributed by atoms with Crippen LogP contribution in [0, 0.1) is 5.82 Å². The fourth-order valence-electron chi connectivity index (χ4n) is 1.26. The van der Waals surface area contributed by atoms with Gasteiger partial charge in [0.25, 0.3) is 0 Å². The zero-order valence-corrected chi connectivity index (χ0v) is 11.8. The number of rotatable bonds is 3. The van der Waals surface area contributed by atoms with E-state index in [9.17, 15) is 4.39 Å². The van der Waals surface area contributed by atoms with E-state index >= 15 is 0 Å². The molecule has 0 radical (unpaired) electrons. The molecule has 0 saturated heterocycles. The SMILES string of the molecule is Fc1cc(Br)cc(OCc2ccc(Br)cn2)c1. The van der Waals surface area contributed by atoms with E-state index in [0.29, 0.717) is 16.8 Å². The van der Waals surface area contributed by atoms with Crippen LogP contribution >= 0.6 is 31.9 Å². The number of hydrogen-bond donors (Lipinski definition) is 0. The van der Waals surface area contributed by atoms with Crippen molar-refractivity contribution in [1.82, 2.24) is 4.98 Å². The molecule has 0 bridgehead atoms. The fourth-order valence-corrected chi connectivity index (χ4v) is 1.94. The van der Waals surface area contributed by atoms with Crippen LogP contribution in [0.15, 0.2) is 45.5 Å².